The Morgan fingerprint density at radius 1 is 1.47 bits per heavy atom. The Morgan fingerprint density at radius 3 is 2.79 bits per heavy atom. The minimum Gasteiger partial charge on any atom is -0.394 e. The van der Waals surface area contributed by atoms with Crippen molar-refractivity contribution in [2.24, 2.45) is 5.92 Å². The molecule has 0 bridgehead atoms. The van der Waals surface area contributed by atoms with Crippen LogP contribution < -0.4 is 5.32 Å². The number of hydrogen-bond acceptors (Lipinski definition) is 2. The zero-order valence-electron chi connectivity index (χ0n) is 10.7. The van der Waals surface area contributed by atoms with Crippen LogP contribution in [0.2, 0.25) is 10.0 Å². The van der Waals surface area contributed by atoms with Gasteiger partial charge in [0.2, 0.25) is 5.91 Å². The largest absolute Gasteiger partial charge is 0.394 e. The molecule has 2 rings (SSSR count). The molecule has 3 unspecified atom stereocenters. The summed E-state index contributed by atoms with van der Waals surface area (Å²) < 4.78 is 0. The van der Waals surface area contributed by atoms with Crippen LogP contribution >= 0.6 is 23.2 Å². The lowest BCUT2D eigenvalue weighted by Crippen LogP contribution is -2.38. The molecule has 0 spiro atoms. The van der Waals surface area contributed by atoms with Crippen LogP contribution in [-0.2, 0) is 4.79 Å². The summed E-state index contributed by atoms with van der Waals surface area (Å²) in [5.74, 6) is 0.209. The third-order valence-electron chi connectivity index (χ3n) is 3.56. The van der Waals surface area contributed by atoms with E-state index in [0.29, 0.717) is 10.0 Å². The molecular formula is C14H17Cl2NO2. The standard InChI is InChI=1S/C14H17Cl2NO2/c1-2-9(7-18)17-14(19)11-6-10(11)8-3-4-12(15)13(16)5-8/h3-5,9-11,18H,2,6-7H2,1H3,(H,17,19). The van der Waals surface area contributed by atoms with Crippen LogP contribution in [0.4, 0.5) is 0 Å². The van der Waals surface area contributed by atoms with Crippen molar-refractivity contribution in [3.05, 3.63) is 33.8 Å². The number of benzene rings is 1. The van der Waals surface area contributed by atoms with E-state index in [4.69, 9.17) is 28.3 Å². The number of carbonyl (C=O) groups excluding carboxylic acids is 1. The summed E-state index contributed by atoms with van der Waals surface area (Å²) in [4.78, 5) is 12.0. The molecule has 19 heavy (non-hydrogen) atoms. The van der Waals surface area contributed by atoms with Crippen LogP contribution in [0.25, 0.3) is 0 Å². The molecule has 0 heterocycles. The molecule has 1 aliphatic rings. The highest BCUT2D eigenvalue weighted by Gasteiger charge is 2.44. The molecule has 1 aromatic rings. The fourth-order valence-corrected chi connectivity index (χ4v) is 2.49. The highest BCUT2D eigenvalue weighted by molar-refractivity contribution is 6.42. The summed E-state index contributed by atoms with van der Waals surface area (Å²) in [7, 11) is 0. The summed E-state index contributed by atoms with van der Waals surface area (Å²) in [5.41, 5.74) is 1.05. The van der Waals surface area contributed by atoms with Gasteiger partial charge in [0.15, 0.2) is 0 Å². The van der Waals surface area contributed by atoms with E-state index in [9.17, 15) is 4.79 Å². The quantitative estimate of drug-likeness (QED) is 0.878. The third-order valence-corrected chi connectivity index (χ3v) is 4.30. The van der Waals surface area contributed by atoms with Crippen LogP contribution in [0.5, 0.6) is 0 Å². The van der Waals surface area contributed by atoms with Gasteiger partial charge >= 0.3 is 0 Å². The Kier molecular flexibility index (Phi) is 4.71. The average molecular weight is 302 g/mol. The van der Waals surface area contributed by atoms with E-state index in [2.05, 4.69) is 5.32 Å². The van der Waals surface area contributed by atoms with E-state index >= 15 is 0 Å². The van der Waals surface area contributed by atoms with E-state index in [0.717, 1.165) is 18.4 Å². The molecule has 2 N–H and O–H groups in total. The minimum atomic E-state index is -0.150. The molecule has 1 aromatic carbocycles. The third kappa shape index (κ3) is 3.41. The predicted molar refractivity (Wildman–Crippen MR) is 76.6 cm³/mol. The lowest BCUT2D eigenvalue weighted by molar-refractivity contribution is -0.123. The topological polar surface area (TPSA) is 49.3 Å². The number of halogens is 2. The number of hydrogen-bond donors (Lipinski definition) is 2. The second kappa shape index (κ2) is 6.12. The molecule has 1 amide bonds. The Balaban J connectivity index is 1.96. The second-order valence-corrected chi connectivity index (χ2v) is 5.73. The molecule has 0 saturated heterocycles. The maximum absolute atomic E-state index is 12.0. The maximum atomic E-state index is 12.0. The molecule has 0 aliphatic heterocycles. The Morgan fingerprint density at radius 2 is 2.21 bits per heavy atom. The smallest absolute Gasteiger partial charge is 0.224 e. The van der Waals surface area contributed by atoms with E-state index < -0.39 is 0 Å². The number of aliphatic hydroxyl groups excluding tert-OH is 1. The lowest BCUT2D eigenvalue weighted by Gasteiger charge is -2.13. The molecule has 5 heteroatoms. The van der Waals surface area contributed by atoms with Crippen LogP contribution in [0, 0.1) is 5.92 Å². The zero-order chi connectivity index (χ0) is 14.0. The summed E-state index contributed by atoms with van der Waals surface area (Å²) in [6.45, 7) is 1.91. The highest BCUT2D eigenvalue weighted by atomic mass is 35.5. The van der Waals surface area contributed by atoms with Crippen molar-refractivity contribution < 1.29 is 9.90 Å². The predicted octanol–water partition coefficient (Wildman–Crippen LogP) is 2.98. The number of amides is 1. The number of nitrogens with one attached hydrogen (secondary N) is 1. The average Bonchev–Trinajstić information content (AvgIpc) is 3.19. The Bertz CT molecular complexity index is 475. The van der Waals surface area contributed by atoms with Gasteiger partial charge in [0.05, 0.1) is 22.7 Å². The summed E-state index contributed by atoms with van der Waals surface area (Å²) in [6.07, 6.45) is 1.55. The minimum absolute atomic E-state index is 0.0111. The van der Waals surface area contributed by atoms with Crippen LogP contribution in [0.3, 0.4) is 0 Å². The summed E-state index contributed by atoms with van der Waals surface area (Å²) in [6, 6.07) is 5.35. The SMILES string of the molecule is CCC(CO)NC(=O)C1CC1c1ccc(Cl)c(Cl)c1. The number of aliphatic hydroxyl groups is 1. The Hall–Kier alpha value is -0.770. The first-order chi connectivity index (χ1) is 9.06. The first-order valence-corrected chi connectivity index (χ1v) is 7.18. The van der Waals surface area contributed by atoms with Gasteiger partial charge in [-0.25, -0.2) is 0 Å². The Labute approximate surface area is 122 Å². The zero-order valence-corrected chi connectivity index (χ0v) is 12.2. The fourth-order valence-electron chi connectivity index (χ4n) is 2.18. The van der Waals surface area contributed by atoms with Gasteiger partial charge in [0.25, 0.3) is 0 Å². The molecule has 1 aliphatic carbocycles. The van der Waals surface area contributed by atoms with E-state index in [1.165, 1.54) is 0 Å². The monoisotopic (exact) mass is 301 g/mol. The van der Waals surface area contributed by atoms with Gasteiger partial charge < -0.3 is 10.4 Å². The van der Waals surface area contributed by atoms with Crippen LogP contribution in [0.15, 0.2) is 18.2 Å². The molecule has 1 fully saturated rings. The molecule has 104 valence electrons. The van der Waals surface area contributed by atoms with E-state index in [1.807, 2.05) is 19.1 Å². The summed E-state index contributed by atoms with van der Waals surface area (Å²) in [5, 5.41) is 13.0. The lowest BCUT2D eigenvalue weighted by atomic mass is 10.1. The van der Waals surface area contributed by atoms with Gasteiger partial charge in [-0.05, 0) is 36.5 Å². The molecule has 1 saturated carbocycles. The van der Waals surface area contributed by atoms with Crippen molar-refractivity contribution >= 4 is 29.1 Å². The molecule has 0 aromatic heterocycles. The van der Waals surface area contributed by atoms with Crippen LogP contribution in [-0.4, -0.2) is 23.7 Å². The first-order valence-electron chi connectivity index (χ1n) is 6.43. The van der Waals surface area contributed by atoms with Crippen molar-refractivity contribution in [1.82, 2.24) is 5.32 Å². The first kappa shape index (κ1) is 14.6. The highest BCUT2D eigenvalue weighted by Crippen LogP contribution is 2.48. The van der Waals surface area contributed by atoms with Gasteiger partial charge in [-0.3, -0.25) is 4.79 Å². The van der Waals surface area contributed by atoms with Gasteiger partial charge in [-0.1, -0.05) is 36.2 Å². The van der Waals surface area contributed by atoms with Crippen molar-refractivity contribution in [1.29, 1.82) is 0 Å². The van der Waals surface area contributed by atoms with Gasteiger partial charge in [-0.15, -0.1) is 0 Å². The molecular weight excluding hydrogens is 285 g/mol. The summed E-state index contributed by atoms with van der Waals surface area (Å²) >= 11 is 11.8. The van der Waals surface area contributed by atoms with Gasteiger partial charge in [0, 0.05) is 5.92 Å². The van der Waals surface area contributed by atoms with Crippen molar-refractivity contribution in [2.75, 3.05) is 6.61 Å². The van der Waals surface area contributed by atoms with Gasteiger partial charge in [-0.2, -0.15) is 0 Å². The van der Waals surface area contributed by atoms with Crippen molar-refractivity contribution in [3.63, 3.8) is 0 Å². The molecule has 3 atom stereocenters. The number of carbonyl (C=O) groups is 1. The van der Waals surface area contributed by atoms with Crippen molar-refractivity contribution in [3.8, 4) is 0 Å². The molecule has 3 nitrogen and oxygen atoms in total. The number of rotatable bonds is 5. The van der Waals surface area contributed by atoms with Gasteiger partial charge in [0.1, 0.15) is 0 Å². The normalized spacial score (nSPS) is 22.9. The maximum Gasteiger partial charge on any atom is 0.224 e. The van der Waals surface area contributed by atoms with Crippen LogP contribution in [0.1, 0.15) is 31.2 Å². The molecule has 0 radical (unpaired) electrons. The van der Waals surface area contributed by atoms with E-state index in [1.54, 1.807) is 6.07 Å². The second-order valence-electron chi connectivity index (χ2n) is 4.92. The van der Waals surface area contributed by atoms with Crippen molar-refractivity contribution in [2.45, 2.75) is 31.7 Å². The fraction of sp³-hybridized carbons (Fsp3) is 0.500. The van der Waals surface area contributed by atoms with E-state index in [-0.39, 0.29) is 30.4 Å².